The van der Waals surface area contributed by atoms with Crippen LogP contribution in [0.4, 0.5) is 0 Å². The number of fused-ring (bicyclic) bond motifs is 1. The van der Waals surface area contributed by atoms with Crippen molar-refractivity contribution in [1.29, 1.82) is 0 Å². The standard InChI is InChI=1S/C21H16N2O4/c1-26-17-4-2-3-14(12-17)20(25)18-11-13(9-15-7-8-27-21(15)18)10-16-5-6-19(24)23-22-16/h2-9,11-12H,10H2,1H3,(H,23,24). The van der Waals surface area contributed by atoms with E-state index in [2.05, 4.69) is 10.2 Å². The van der Waals surface area contributed by atoms with Crippen molar-refractivity contribution < 1.29 is 13.9 Å². The van der Waals surface area contributed by atoms with E-state index in [1.807, 2.05) is 12.1 Å². The summed E-state index contributed by atoms with van der Waals surface area (Å²) in [6.07, 6.45) is 2.05. The Morgan fingerprint density at radius 3 is 2.81 bits per heavy atom. The van der Waals surface area contributed by atoms with Crippen LogP contribution in [-0.4, -0.2) is 23.1 Å². The molecule has 134 valence electrons. The largest absolute Gasteiger partial charge is 0.497 e. The van der Waals surface area contributed by atoms with Gasteiger partial charge in [0, 0.05) is 23.4 Å². The van der Waals surface area contributed by atoms with E-state index in [1.165, 1.54) is 6.07 Å². The maximum Gasteiger partial charge on any atom is 0.264 e. The van der Waals surface area contributed by atoms with E-state index in [4.69, 9.17) is 9.15 Å². The summed E-state index contributed by atoms with van der Waals surface area (Å²) in [6.45, 7) is 0. The number of rotatable bonds is 5. The quantitative estimate of drug-likeness (QED) is 0.552. The molecule has 0 radical (unpaired) electrons. The number of nitrogens with zero attached hydrogens (tertiary/aromatic N) is 1. The van der Waals surface area contributed by atoms with Crippen LogP contribution in [0.3, 0.4) is 0 Å². The van der Waals surface area contributed by atoms with E-state index in [0.29, 0.717) is 34.6 Å². The molecule has 27 heavy (non-hydrogen) atoms. The van der Waals surface area contributed by atoms with Crippen molar-refractivity contribution >= 4 is 16.8 Å². The van der Waals surface area contributed by atoms with Gasteiger partial charge in [0.1, 0.15) is 11.3 Å². The Bertz CT molecular complexity index is 1170. The molecule has 0 saturated heterocycles. The van der Waals surface area contributed by atoms with Crippen LogP contribution >= 0.6 is 0 Å². The molecule has 1 N–H and O–H groups in total. The van der Waals surface area contributed by atoms with Gasteiger partial charge in [-0.05, 0) is 42.0 Å². The van der Waals surface area contributed by atoms with Crippen LogP contribution in [0.1, 0.15) is 27.2 Å². The number of nitrogens with one attached hydrogen (secondary N) is 1. The van der Waals surface area contributed by atoms with Crippen molar-refractivity contribution in [1.82, 2.24) is 10.2 Å². The van der Waals surface area contributed by atoms with Crippen LogP contribution in [0, 0.1) is 0 Å². The lowest BCUT2D eigenvalue weighted by Crippen LogP contribution is -2.08. The molecule has 2 heterocycles. The second kappa shape index (κ2) is 6.92. The number of ketones is 1. The van der Waals surface area contributed by atoms with E-state index in [0.717, 1.165) is 10.9 Å². The molecule has 0 spiro atoms. The number of carbonyl (C=O) groups is 1. The molecule has 6 nitrogen and oxygen atoms in total. The Labute approximate surface area is 154 Å². The fourth-order valence-corrected chi connectivity index (χ4v) is 3.02. The molecular formula is C21H16N2O4. The van der Waals surface area contributed by atoms with Gasteiger partial charge < -0.3 is 9.15 Å². The molecule has 0 aliphatic heterocycles. The zero-order chi connectivity index (χ0) is 18.8. The van der Waals surface area contributed by atoms with Crippen LogP contribution in [0.5, 0.6) is 5.75 Å². The number of hydrogen-bond acceptors (Lipinski definition) is 5. The van der Waals surface area contributed by atoms with Crippen molar-refractivity contribution in [2.75, 3.05) is 7.11 Å². The molecule has 0 aliphatic carbocycles. The molecule has 4 aromatic rings. The number of benzene rings is 2. The maximum atomic E-state index is 13.1. The summed E-state index contributed by atoms with van der Waals surface area (Å²) in [6, 6.07) is 15.7. The second-order valence-corrected chi connectivity index (χ2v) is 6.13. The normalized spacial score (nSPS) is 10.9. The summed E-state index contributed by atoms with van der Waals surface area (Å²) in [5, 5.41) is 7.29. The lowest BCUT2D eigenvalue weighted by Gasteiger charge is -2.08. The zero-order valence-electron chi connectivity index (χ0n) is 14.6. The van der Waals surface area contributed by atoms with Gasteiger partial charge >= 0.3 is 0 Å². The summed E-state index contributed by atoms with van der Waals surface area (Å²) in [4.78, 5) is 24.3. The third-order valence-corrected chi connectivity index (χ3v) is 4.31. The van der Waals surface area contributed by atoms with Crippen LogP contribution in [-0.2, 0) is 6.42 Å². The number of methoxy groups -OCH3 is 1. The monoisotopic (exact) mass is 360 g/mol. The van der Waals surface area contributed by atoms with Gasteiger partial charge in [0.25, 0.3) is 5.56 Å². The predicted octanol–water partition coefficient (Wildman–Crippen LogP) is 3.35. The number of hydrogen-bond donors (Lipinski definition) is 1. The van der Waals surface area contributed by atoms with Crippen molar-refractivity contribution in [3.05, 3.63) is 93.6 Å². The molecule has 2 aromatic carbocycles. The Hall–Kier alpha value is -3.67. The highest BCUT2D eigenvalue weighted by molar-refractivity contribution is 6.15. The van der Waals surface area contributed by atoms with Crippen LogP contribution in [0.25, 0.3) is 11.0 Å². The number of aromatic nitrogens is 2. The average Bonchev–Trinajstić information content (AvgIpc) is 3.17. The number of furan rings is 1. The van der Waals surface area contributed by atoms with Crippen molar-refractivity contribution in [3.8, 4) is 5.75 Å². The SMILES string of the molecule is COc1cccc(C(=O)c2cc(Cc3ccc(=O)[nH]n3)cc3ccoc23)c1. The van der Waals surface area contributed by atoms with Gasteiger partial charge in [-0.25, -0.2) is 5.10 Å². The van der Waals surface area contributed by atoms with Crippen molar-refractivity contribution in [2.45, 2.75) is 6.42 Å². The van der Waals surface area contributed by atoms with E-state index in [9.17, 15) is 9.59 Å². The van der Waals surface area contributed by atoms with E-state index in [-0.39, 0.29) is 11.3 Å². The predicted molar refractivity (Wildman–Crippen MR) is 100 cm³/mol. The van der Waals surface area contributed by atoms with Gasteiger partial charge in [-0.2, -0.15) is 5.10 Å². The molecule has 0 amide bonds. The minimum Gasteiger partial charge on any atom is -0.497 e. The summed E-state index contributed by atoms with van der Waals surface area (Å²) in [5.74, 6) is 0.468. The molecule has 4 rings (SSSR count). The van der Waals surface area contributed by atoms with Gasteiger partial charge in [0.15, 0.2) is 5.78 Å². The van der Waals surface area contributed by atoms with Gasteiger partial charge in [-0.3, -0.25) is 9.59 Å². The first-order valence-corrected chi connectivity index (χ1v) is 8.37. The molecule has 0 bridgehead atoms. The maximum absolute atomic E-state index is 13.1. The smallest absolute Gasteiger partial charge is 0.264 e. The van der Waals surface area contributed by atoms with Gasteiger partial charge in [0.05, 0.1) is 24.6 Å². The topological polar surface area (TPSA) is 85.2 Å². The van der Waals surface area contributed by atoms with Crippen LogP contribution in [0.2, 0.25) is 0 Å². The first kappa shape index (κ1) is 16.8. The Kier molecular flexibility index (Phi) is 4.30. The third-order valence-electron chi connectivity index (χ3n) is 4.31. The second-order valence-electron chi connectivity index (χ2n) is 6.13. The van der Waals surface area contributed by atoms with E-state index in [1.54, 1.807) is 49.8 Å². The van der Waals surface area contributed by atoms with Crippen molar-refractivity contribution in [3.63, 3.8) is 0 Å². The van der Waals surface area contributed by atoms with Crippen LogP contribution in [0.15, 0.2) is 70.1 Å². The average molecular weight is 360 g/mol. The zero-order valence-corrected chi connectivity index (χ0v) is 14.6. The number of H-pyrrole nitrogens is 1. The third kappa shape index (κ3) is 3.37. The molecule has 0 unspecified atom stereocenters. The number of carbonyl (C=O) groups excluding carboxylic acids is 1. The fourth-order valence-electron chi connectivity index (χ4n) is 3.02. The molecule has 0 aliphatic rings. The first-order valence-electron chi connectivity index (χ1n) is 8.37. The molecule has 0 saturated carbocycles. The summed E-state index contributed by atoms with van der Waals surface area (Å²) < 4.78 is 10.8. The number of ether oxygens (including phenoxy) is 1. The highest BCUT2D eigenvalue weighted by Gasteiger charge is 2.17. The van der Waals surface area contributed by atoms with Gasteiger partial charge in [-0.1, -0.05) is 12.1 Å². The minimum atomic E-state index is -0.252. The fraction of sp³-hybridized carbons (Fsp3) is 0.0952. The summed E-state index contributed by atoms with van der Waals surface area (Å²) >= 11 is 0. The van der Waals surface area contributed by atoms with Crippen LogP contribution < -0.4 is 10.3 Å². The summed E-state index contributed by atoms with van der Waals surface area (Å²) in [7, 11) is 1.56. The molecule has 2 aromatic heterocycles. The molecule has 6 heteroatoms. The Morgan fingerprint density at radius 2 is 2.04 bits per heavy atom. The van der Waals surface area contributed by atoms with Gasteiger partial charge in [0.2, 0.25) is 0 Å². The minimum absolute atomic E-state index is 0.148. The Morgan fingerprint density at radius 1 is 1.15 bits per heavy atom. The molecule has 0 atom stereocenters. The summed E-state index contributed by atoms with van der Waals surface area (Å²) in [5.41, 5.74) is 2.89. The lowest BCUT2D eigenvalue weighted by atomic mass is 9.97. The Balaban J connectivity index is 1.77. The highest BCUT2D eigenvalue weighted by Crippen LogP contribution is 2.26. The van der Waals surface area contributed by atoms with Gasteiger partial charge in [-0.15, -0.1) is 0 Å². The van der Waals surface area contributed by atoms with Crippen molar-refractivity contribution in [2.24, 2.45) is 0 Å². The molecule has 0 fully saturated rings. The highest BCUT2D eigenvalue weighted by atomic mass is 16.5. The van der Waals surface area contributed by atoms with E-state index < -0.39 is 0 Å². The lowest BCUT2D eigenvalue weighted by molar-refractivity contribution is 0.103. The van der Waals surface area contributed by atoms with E-state index >= 15 is 0 Å². The molecular weight excluding hydrogens is 344 g/mol. The number of aromatic amines is 1. The first-order chi connectivity index (χ1) is 13.1.